The lowest BCUT2D eigenvalue weighted by atomic mass is 9.77. The molecule has 2 fully saturated rings. The first kappa shape index (κ1) is 19.2. The molecule has 1 aliphatic heterocycles. The fourth-order valence-electron chi connectivity index (χ4n) is 4.29. The van der Waals surface area contributed by atoms with Gasteiger partial charge in [0.15, 0.2) is 0 Å². The molecule has 0 bridgehead atoms. The molecule has 2 aromatic rings. The van der Waals surface area contributed by atoms with Crippen LogP contribution in [-0.4, -0.2) is 53.0 Å². The smallest absolute Gasteiger partial charge is 0.243 e. The molecule has 2 heterocycles. The average molecular weight is 406 g/mol. The first-order valence-electron chi connectivity index (χ1n) is 9.31. The largest absolute Gasteiger partial charge is 0.391 e. The fraction of sp³-hybridized carbons (Fsp3) is 0.474. The van der Waals surface area contributed by atoms with E-state index in [1.54, 1.807) is 25.5 Å². The van der Waals surface area contributed by atoms with Crippen molar-refractivity contribution < 1.29 is 17.9 Å². The van der Waals surface area contributed by atoms with Crippen molar-refractivity contribution in [1.82, 2.24) is 14.3 Å². The molecule has 2 N–H and O–H groups in total. The summed E-state index contributed by atoms with van der Waals surface area (Å²) < 4.78 is 41.2. The Bertz CT molecular complexity index is 957. The van der Waals surface area contributed by atoms with Gasteiger partial charge in [-0.2, -0.15) is 4.31 Å². The number of aryl methyl sites for hydroxylation is 1. The Balaban J connectivity index is 1.51. The standard InChI is InChI=1S/C19H23FN4O3S/c1-12-2-3-15(20)8-18(12)28(26,27)24-10-13-6-16(17(25)7-14(13)11-24)23-19-9-21-4-5-22-19/h2-5,8-9,13-14,16-17,25H,6-7,10-11H2,1H3,(H,22,23)/t13-,14+,16-,17-/m1/s1. The number of aliphatic hydroxyl groups excluding tert-OH is 1. The molecule has 9 heteroatoms. The number of hydrogen-bond acceptors (Lipinski definition) is 6. The summed E-state index contributed by atoms with van der Waals surface area (Å²) in [7, 11) is -3.78. The number of fused-ring (bicyclic) bond motifs is 1. The van der Waals surface area contributed by atoms with Crippen LogP contribution in [0.3, 0.4) is 0 Å². The average Bonchev–Trinajstić information content (AvgIpc) is 3.08. The van der Waals surface area contributed by atoms with Crippen LogP contribution in [0.15, 0.2) is 41.7 Å². The Labute approximate surface area is 163 Å². The highest BCUT2D eigenvalue weighted by Crippen LogP contribution is 2.39. The summed E-state index contributed by atoms with van der Waals surface area (Å²) in [6.45, 7) is 2.38. The van der Waals surface area contributed by atoms with E-state index in [4.69, 9.17) is 0 Å². The van der Waals surface area contributed by atoms with Gasteiger partial charge in [-0.15, -0.1) is 0 Å². The van der Waals surface area contributed by atoms with Gasteiger partial charge in [0.05, 0.1) is 23.2 Å². The number of nitrogens with one attached hydrogen (secondary N) is 1. The lowest BCUT2D eigenvalue weighted by Crippen LogP contribution is -2.43. The van der Waals surface area contributed by atoms with Crippen LogP contribution >= 0.6 is 0 Å². The summed E-state index contributed by atoms with van der Waals surface area (Å²) in [6.07, 6.45) is 5.30. The first-order chi connectivity index (χ1) is 13.3. The molecule has 0 spiro atoms. The Morgan fingerprint density at radius 1 is 1.21 bits per heavy atom. The topological polar surface area (TPSA) is 95.4 Å². The summed E-state index contributed by atoms with van der Waals surface area (Å²) in [4.78, 5) is 8.20. The zero-order valence-corrected chi connectivity index (χ0v) is 16.3. The lowest BCUT2D eigenvalue weighted by Gasteiger charge is -2.35. The molecule has 0 amide bonds. The van der Waals surface area contributed by atoms with Crippen LogP contribution in [0.25, 0.3) is 0 Å². The Morgan fingerprint density at radius 2 is 1.96 bits per heavy atom. The normalized spacial score (nSPS) is 28.1. The molecular formula is C19H23FN4O3S. The number of aromatic nitrogens is 2. The van der Waals surface area contributed by atoms with E-state index in [0.717, 1.165) is 6.07 Å². The van der Waals surface area contributed by atoms with E-state index in [2.05, 4.69) is 15.3 Å². The van der Waals surface area contributed by atoms with E-state index in [0.29, 0.717) is 37.3 Å². The van der Waals surface area contributed by atoms with Gasteiger partial charge in [-0.05, 0) is 49.3 Å². The fourth-order valence-corrected chi connectivity index (χ4v) is 6.08. The van der Waals surface area contributed by atoms with Crippen molar-refractivity contribution in [2.45, 2.75) is 36.8 Å². The summed E-state index contributed by atoms with van der Waals surface area (Å²) in [6, 6.07) is 3.61. The van der Waals surface area contributed by atoms with E-state index in [1.807, 2.05) is 0 Å². The first-order valence-corrected chi connectivity index (χ1v) is 10.8. The van der Waals surface area contributed by atoms with Gasteiger partial charge in [0.2, 0.25) is 10.0 Å². The van der Waals surface area contributed by atoms with E-state index < -0.39 is 21.9 Å². The van der Waals surface area contributed by atoms with Gasteiger partial charge in [-0.1, -0.05) is 6.07 Å². The van der Waals surface area contributed by atoms with Crippen LogP contribution in [0, 0.1) is 24.6 Å². The molecule has 4 atom stereocenters. The maximum absolute atomic E-state index is 13.6. The lowest BCUT2D eigenvalue weighted by molar-refractivity contribution is 0.0736. The molecule has 0 unspecified atom stereocenters. The molecule has 1 saturated carbocycles. The highest BCUT2D eigenvalue weighted by atomic mass is 32.2. The minimum atomic E-state index is -3.78. The molecule has 4 rings (SSSR count). The van der Waals surface area contributed by atoms with Crippen LogP contribution in [0.4, 0.5) is 10.2 Å². The SMILES string of the molecule is Cc1ccc(F)cc1S(=O)(=O)N1C[C@H]2C[C@@H](Nc3cnccn3)[C@H](O)C[C@H]2C1. The molecular weight excluding hydrogens is 383 g/mol. The molecule has 7 nitrogen and oxygen atoms in total. The van der Waals surface area contributed by atoms with Crippen molar-refractivity contribution >= 4 is 15.8 Å². The third-order valence-electron chi connectivity index (χ3n) is 5.77. The minimum Gasteiger partial charge on any atom is -0.391 e. The molecule has 1 saturated heterocycles. The van der Waals surface area contributed by atoms with E-state index >= 15 is 0 Å². The Kier molecular flexibility index (Phi) is 5.07. The number of benzene rings is 1. The van der Waals surface area contributed by atoms with Crippen LogP contribution < -0.4 is 5.32 Å². The molecule has 150 valence electrons. The number of anilines is 1. The van der Waals surface area contributed by atoms with Crippen molar-refractivity contribution in [3.8, 4) is 0 Å². The molecule has 1 aromatic heterocycles. The Hall–Kier alpha value is -2.10. The van der Waals surface area contributed by atoms with E-state index in [9.17, 15) is 17.9 Å². The van der Waals surface area contributed by atoms with Gasteiger partial charge in [0, 0.05) is 25.5 Å². The quantitative estimate of drug-likeness (QED) is 0.804. The van der Waals surface area contributed by atoms with Gasteiger partial charge in [0.25, 0.3) is 0 Å². The number of halogens is 1. The predicted octanol–water partition coefficient (Wildman–Crippen LogP) is 1.80. The van der Waals surface area contributed by atoms with Crippen molar-refractivity contribution in [3.05, 3.63) is 48.2 Å². The second-order valence-corrected chi connectivity index (χ2v) is 9.54. The summed E-state index contributed by atoms with van der Waals surface area (Å²) in [5.74, 6) is 0.229. The number of sulfonamides is 1. The molecule has 1 aromatic carbocycles. The zero-order valence-electron chi connectivity index (χ0n) is 15.5. The van der Waals surface area contributed by atoms with Gasteiger partial charge >= 0.3 is 0 Å². The highest BCUT2D eigenvalue weighted by molar-refractivity contribution is 7.89. The number of nitrogens with zero attached hydrogens (tertiary/aromatic N) is 3. The maximum Gasteiger partial charge on any atom is 0.243 e. The maximum atomic E-state index is 13.6. The second-order valence-electron chi connectivity index (χ2n) is 7.63. The molecule has 1 aliphatic carbocycles. The monoisotopic (exact) mass is 406 g/mol. The van der Waals surface area contributed by atoms with Crippen LogP contribution in [0.1, 0.15) is 18.4 Å². The van der Waals surface area contributed by atoms with Crippen LogP contribution in [-0.2, 0) is 10.0 Å². The molecule has 0 radical (unpaired) electrons. The Morgan fingerprint density at radius 3 is 2.68 bits per heavy atom. The van der Waals surface area contributed by atoms with Crippen molar-refractivity contribution in [2.75, 3.05) is 18.4 Å². The van der Waals surface area contributed by atoms with Gasteiger partial charge in [-0.3, -0.25) is 4.98 Å². The van der Waals surface area contributed by atoms with Gasteiger partial charge in [0.1, 0.15) is 11.6 Å². The highest BCUT2D eigenvalue weighted by Gasteiger charge is 2.45. The summed E-state index contributed by atoms with van der Waals surface area (Å²) in [5.41, 5.74) is 0.526. The van der Waals surface area contributed by atoms with Crippen LogP contribution in [0.5, 0.6) is 0 Å². The second kappa shape index (κ2) is 7.38. The molecule has 28 heavy (non-hydrogen) atoms. The summed E-state index contributed by atoms with van der Waals surface area (Å²) >= 11 is 0. The van der Waals surface area contributed by atoms with Crippen LogP contribution in [0.2, 0.25) is 0 Å². The third-order valence-corrected chi connectivity index (χ3v) is 7.75. The van der Waals surface area contributed by atoms with Gasteiger partial charge < -0.3 is 10.4 Å². The summed E-state index contributed by atoms with van der Waals surface area (Å²) in [5, 5.41) is 13.7. The molecule has 2 aliphatic rings. The van der Waals surface area contributed by atoms with Crippen molar-refractivity contribution in [2.24, 2.45) is 11.8 Å². The van der Waals surface area contributed by atoms with Crippen molar-refractivity contribution in [3.63, 3.8) is 0 Å². The van der Waals surface area contributed by atoms with E-state index in [1.165, 1.54) is 16.4 Å². The predicted molar refractivity (Wildman–Crippen MR) is 102 cm³/mol. The van der Waals surface area contributed by atoms with Gasteiger partial charge in [-0.25, -0.2) is 17.8 Å². The minimum absolute atomic E-state index is 0.0148. The van der Waals surface area contributed by atoms with E-state index in [-0.39, 0.29) is 22.8 Å². The number of hydrogen-bond donors (Lipinski definition) is 2. The number of rotatable bonds is 4. The zero-order chi connectivity index (χ0) is 19.9. The number of aliphatic hydroxyl groups is 1. The third kappa shape index (κ3) is 3.61. The van der Waals surface area contributed by atoms with Crippen molar-refractivity contribution in [1.29, 1.82) is 0 Å².